The topological polar surface area (TPSA) is 68.2 Å². The number of hydrogen-bond donors (Lipinski definition) is 2. The lowest BCUT2D eigenvalue weighted by atomic mass is 10.2. The van der Waals surface area contributed by atoms with Crippen molar-refractivity contribution in [1.29, 1.82) is 0 Å². The second-order valence-electron chi connectivity index (χ2n) is 3.65. The average molecular weight is 283 g/mol. The largest absolute Gasteiger partial charge is 0.480 e. The van der Waals surface area contributed by atoms with Crippen LogP contribution in [-0.4, -0.2) is 15.6 Å². The SMILES string of the molecule is Cn1c(C(N)C(=O)O)cc2ccc(Br)cc21. The fourth-order valence-corrected chi connectivity index (χ4v) is 2.10. The molecular weight excluding hydrogens is 272 g/mol. The maximum atomic E-state index is 10.8. The summed E-state index contributed by atoms with van der Waals surface area (Å²) >= 11 is 3.38. The average Bonchev–Trinajstić information content (AvgIpc) is 2.55. The van der Waals surface area contributed by atoms with E-state index in [1.807, 2.05) is 25.2 Å². The molecule has 0 amide bonds. The van der Waals surface area contributed by atoms with Crippen molar-refractivity contribution >= 4 is 32.8 Å². The van der Waals surface area contributed by atoms with E-state index in [2.05, 4.69) is 15.9 Å². The molecular formula is C11H11BrN2O2. The number of halogens is 1. The molecule has 2 aromatic rings. The van der Waals surface area contributed by atoms with Gasteiger partial charge < -0.3 is 15.4 Å². The Morgan fingerprint density at radius 3 is 2.81 bits per heavy atom. The summed E-state index contributed by atoms with van der Waals surface area (Å²) in [6.45, 7) is 0. The van der Waals surface area contributed by atoms with Crippen LogP contribution in [0.1, 0.15) is 11.7 Å². The van der Waals surface area contributed by atoms with Crippen molar-refractivity contribution in [2.75, 3.05) is 0 Å². The highest BCUT2D eigenvalue weighted by Crippen LogP contribution is 2.25. The van der Waals surface area contributed by atoms with Gasteiger partial charge in [0, 0.05) is 28.1 Å². The summed E-state index contributed by atoms with van der Waals surface area (Å²) in [7, 11) is 1.81. The molecule has 1 aromatic carbocycles. The Morgan fingerprint density at radius 2 is 2.19 bits per heavy atom. The summed E-state index contributed by atoms with van der Waals surface area (Å²) in [6, 6.07) is 6.60. The highest BCUT2D eigenvalue weighted by molar-refractivity contribution is 9.10. The van der Waals surface area contributed by atoms with Crippen LogP contribution in [-0.2, 0) is 11.8 Å². The lowest BCUT2D eigenvalue weighted by molar-refractivity contribution is -0.138. The zero-order valence-corrected chi connectivity index (χ0v) is 10.2. The van der Waals surface area contributed by atoms with E-state index < -0.39 is 12.0 Å². The third kappa shape index (κ3) is 1.72. The summed E-state index contributed by atoms with van der Waals surface area (Å²) in [5, 5.41) is 9.88. The van der Waals surface area contributed by atoms with Gasteiger partial charge in [-0.1, -0.05) is 22.0 Å². The van der Waals surface area contributed by atoms with E-state index in [0.29, 0.717) is 5.69 Å². The Morgan fingerprint density at radius 1 is 1.50 bits per heavy atom. The van der Waals surface area contributed by atoms with E-state index in [1.54, 1.807) is 10.6 Å². The molecule has 1 heterocycles. The second-order valence-corrected chi connectivity index (χ2v) is 4.56. The van der Waals surface area contributed by atoms with Gasteiger partial charge in [0.2, 0.25) is 0 Å². The Bertz CT molecular complexity index is 562. The number of nitrogens with zero attached hydrogens (tertiary/aromatic N) is 1. The lowest BCUT2D eigenvalue weighted by Crippen LogP contribution is -2.22. The number of nitrogens with two attached hydrogens (primary N) is 1. The van der Waals surface area contributed by atoms with E-state index >= 15 is 0 Å². The fraction of sp³-hybridized carbons (Fsp3) is 0.182. The minimum Gasteiger partial charge on any atom is -0.480 e. The standard InChI is InChI=1S/C11H11BrN2O2/c1-14-8-5-7(12)3-2-6(8)4-9(14)10(13)11(15)16/h2-5,10H,13H2,1H3,(H,15,16). The molecule has 0 fully saturated rings. The van der Waals surface area contributed by atoms with E-state index in [0.717, 1.165) is 15.4 Å². The van der Waals surface area contributed by atoms with Gasteiger partial charge in [-0.15, -0.1) is 0 Å². The zero-order valence-electron chi connectivity index (χ0n) is 8.64. The Kier molecular flexibility index (Phi) is 2.73. The summed E-state index contributed by atoms with van der Waals surface area (Å²) in [4.78, 5) is 10.8. The maximum absolute atomic E-state index is 10.8. The van der Waals surface area contributed by atoms with E-state index in [1.165, 1.54) is 0 Å². The van der Waals surface area contributed by atoms with E-state index in [9.17, 15) is 4.79 Å². The van der Waals surface area contributed by atoms with Crippen LogP contribution in [0.15, 0.2) is 28.7 Å². The van der Waals surface area contributed by atoms with Crippen molar-refractivity contribution in [3.8, 4) is 0 Å². The van der Waals surface area contributed by atoms with Gasteiger partial charge >= 0.3 is 5.97 Å². The maximum Gasteiger partial charge on any atom is 0.326 e. The van der Waals surface area contributed by atoms with Gasteiger partial charge in [-0.25, -0.2) is 0 Å². The number of hydrogen-bond acceptors (Lipinski definition) is 2. The van der Waals surface area contributed by atoms with Crippen LogP contribution in [0.3, 0.4) is 0 Å². The molecule has 0 bridgehead atoms. The Hall–Kier alpha value is -1.33. The molecule has 0 saturated heterocycles. The first-order chi connectivity index (χ1) is 7.50. The van der Waals surface area contributed by atoms with E-state index in [-0.39, 0.29) is 0 Å². The molecule has 5 heteroatoms. The molecule has 2 rings (SSSR count). The Labute approximate surface area is 101 Å². The van der Waals surface area contributed by atoms with Crippen LogP contribution in [0.2, 0.25) is 0 Å². The number of aromatic nitrogens is 1. The Balaban J connectivity index is 2.64. The third-order valence-corrected chi connectivity index (χ3v) is 3.12. The van der Waals surface area contributed by atoms with Gasteiger partial charge in [0.1, 0.15) is 6.04 Å². The van der Waals surface area contributed by atoms with Gasteiger partial charge in [-0.05, 0) is 18.2 Å². The smallest absolute Gasteiger partial charge is 0.326 e. The third-order valence-electron chi connectivity index (χ3n) is 2.63. The number of aliphatic carboxylic acids is 1. The molecule has 0 aliphatic heterocycles. The lowest BCUT2D eigenvalue weighted by Gasteiger charge is -2.08. The van der Waals surface area contributed by atoms with Crippen LogP contribution < -0.4 is 5.73 Å². The fourth-order valence-electron chi connectivity index (χ4n) is 1.75. The van der Waals surface area contributed by atoms with Crippen molar-refractivity contribution in [3.63, 3.8) is 0 Å². The first-order valence-electron chi connectivity index (χ1n) is 4.74. The van der Waals surface area contributed by atoms with Crippen LogP contribution in [0.25, 0.3) is 10.9 Å². The van der Waals surface area contributed by atoms with Crippen LogP contribution in [0.5, 0.6) is 0 Å². The predicted octanol–water partition coefficient (Wildman–Crippen LogP) is 2.03. The number of rotatable bonds is 2. The molecule has 1 unspecified atom stereocenters. The second kappa shape index (κ2) is 3.92. The van der Waals surface area contributed by atoms with Crippen molar-refractivity contribution < 1.29 is 9.90 Å². The summed E-state index contributed by atoms with van der Waals surface area (Å²) in [6.07, 6.45) is 0. The van der Waals surface area contributed by atoms with Crippen molar-refractivity contribution in [1.82, 2.24) is 4.57 Å². The van der Waals surface area contributed by atoms with Crippen LogP contribution in [0.4, 0.5) is 0 Å². The monoisotopic (exact) mass is 282 g/mol. The molecule has 84 valence electrons. The first kappa shape index (κ1) is 11.2. The van der Waals surface area contributed by atoms with E-state index in [4.69, 9.17) is 10.8 Å². The van der Waals surface area contributed by atoms with Gasteiger partial charge in [-0.3, -0.25) is 4.79 Å². The molecule has 0 radical (unpaired) electrons. The minimum atomic E-state index is -1.02. The molecule has 1 atom stereocenters. The molecule has 4 nitrogen and oxygen atoms in total. The summed E-state index contributed by atoms with van der Waals surface area (Å²) in [5.41, 5.74) is 7.17. The van der Waals surface area contributed by atoms with Crippen LogP contribution in [0, 0.1) is 0 Å². The molecule has 0 aliphatic rings. The molecule has 0 spiro atoms. The molecule has 16 heavy (non-hydrogen) atoms. The number of carboxylic acid groups (broad SMARTS) is 1. The minimum absolute atomic E-state index is 0.598. The first-order valence-corrected chi connectivity index (χ1v) is 5.53. The highest BCUT2D eigenvalue weighted by Gasteiger charge is 2.19. The number of fused-ring (bicyclic) bond motifs is 1. The van der Waals surface area contributed by atoms with Crippen molar-refractivity contribution in [2.24, 2.45) is 12.8 Å². The molecule has 0 aliphatic carbocycles. The predicted molar refractivity (Wildman–Crippen MR) is 65.2 cm³/mol. The van der Waals surface area contributed by atoms with Gasteiger partial charge in [0.25, 0.3) is 0 Å². The van der Waals surface area contributed by atoms with Crippen molar-refractivity contribution in [2.45, 2.75) is 6.04 Å². The number of aryl methyl sites for hydroxylation is 1. The number of carboxylic acids is 1. The number of carbonyl (C=O) groups is 1. The molecule has 3 N–H and O–H groups in total. The zero-order chi connectivity index (χ0) is 11.9. The number of benzene rings is 1. The molecule has 0 saturated carbocycles. The quantitative estimate of drug-likeness (QED) is 0.886. The molecule has 1 aromatic heterocycles. The van der Waals surface area contributed by atoms with Gasteiger partial charge in [0.15, 0.2) is 0 Å². The summed E-state index contributed by atoms with van der Waals surface area (Å²) in [5.74, 6) is -1.02. The normalized spacial score (nSPS) is 12.9. The van der Waals surface area contributed by atoms with Gasteiger partial charge in [0.05, 0.1) is 0 Å². The van der Waals surface area contributed by atoms with Crippen molar-refractivity contribution in [3.05, 3.63) is 34.4 Å². The van der Waals surface area contributed by atoms with Gasteiger partial charge in [-0.2, -0.15) is 0 Å². The highest BCUT2D eigenvalue weighted by atomic mass is 79.9. The van der Waals surface area contributed by atoms with Crippen LogP contribution >= 0.6 is 15.9 Å². The summed E-state index contributed by atoms with van der Waals surface area (Å²) < 4.78 is 2.76.